The molecule has 1 saturated heterocycles. The summed E-state index contributed by atoms with van der Waals surface area (Å²) in [7, 11) is 0. The number of likely N-dealkylation sites (tertiary alicyclic amines) is 1. The van der Waals surface area contributed by atoms with E-state index < -0.39 is 6.17 Å². The molecule has 0 atom stereocenters. The number of alkyl halides is 1. The second-order valence-electron chi connectivity index (χ2n) is 6.40. The molecular formula is C16H24FN. The Morgan fingerprint density at radius 2 is 1.89 bits per heavy atom. The minimum absolute atomic E-state index is 0.196. The predicted octanol–water partition coefficient (Wildman–Crippen LogP) is 3.92. The van der Waals surface area contributed by atoms with E-state index >= 15 is 0 Å². The molecule has 1 aromatic carbocycles. The summed E-state index contributed by atoms with van der Waals surface area (Å²) in [4.78, 5) is 2.36. The average molecular weight is 249 g/mol. The molecule has 2 rings (SSSR count). The highest BCUT2D eigenvalue weighted by Gasteiger charge is 2.19. The van der Waals surface area contributed by atoms with Gasteiger partial charge in [0.1, 0.15) is 6.17 Å². The lowest BCUT2D eigenvalue weighted by Gasteiger charge is -2.29. The number of piperidine rings is 1. The van der Waals surface area contributed by atoms with Crippen molar-refractivity contribution in [2.24, 2.45) is 0 Å². The Kier molecular flexibility index (Phi) is 4.06. The molecule has 1 aliphatic heterocycles. The van der Waals surface area contributed by atoms with Gasteiger partial charge in [-0.05, 0) is 29.4 Å². The zero-order valence-electron chi connectivity index (χ0n) is 11.7. The lowest BCUT2D eigenvalue weighted by molar-refractivity contribution is 0.145. The normalized spacial score (nSPS) is 19.1. The third-order valence-corrected chi connectivity index (χ3v) is 3.72. The van der Waals surface area contributed by atoms with E-state index in [2.05, 4.69) is 49.9 Å². The minimum Gasteiger partial charge on any atom is -0.299 e. The van der Waals surface area contributed by atoms with Gasteiger partial charge in [0.15, 0.2) is 0 Å². The summed E-state index contributed by atoms with van der Waals surface area (Å²) in [5.41, 5.74) is 2.92. The molecule has 1 fully saturated rings. The second kappa shape index (κ2) is 5.40. The van der Waals surface area contributed by atoms with E-state index in [0.717, 1.165) is 19.6 Å². The van der Waals surface area contributed by atoms with Crippen LogP contribution in [-0.4, -0.2) is 24.2 Å². The van der Waals surface area contributed by atoms with Crippen LogP contribution in [0.1, 0.15) is 44.7 Å². The Morgan fingerprint density at radius 3 is 2.50 bits per heavy atom. The summed E-state index contributed by atoms with van der Waals surface area (Å²) >= 11 is 0. The SMILES string of the molecule is CC(C)(C)c1cccc(CN2CCC(F)CC2)c1. The van der Waals surface area contributed by atoms with E-state index in [-0.39, 0.29) is 5.41 Å². The van der Waals surface area contributed by atoms with Crippen molar-refractivity contribution < 1.29 is 4.39 Å². The van der Waals surface area contributed by atoms with Crippen molar-refractivity contribution in [3.63, 3.8) is 0 Å². The van der Waals surface area contributed by atoms with Gasteiger partial charge in [0, 0.05) is 19.6 Å². The van der Waals surface area contributed by atoms with Crippen LogP contribution in [0.15, 0.2) is 24.3 Å². The van der Waals surface area contributed by atoms with E-state index in [1.807, 2.05) is 0 Å². The van der Waals surface area contributed by atoms with Crippen molar-refractivity contribution in [1.82, 2.24) is 4.90 Å². The largest absolute Gasteiger partial charge is 0.299 e. The van der Waals surface area contributed by atoms with E-state index in [4.69, 9.17) is 0 Å². The molecule has 0 spiro atoms. The molecule has 1 heterocycles. The monoisotopic (exact) mass is 249 g/mol. The molecule has 0 saturated carbocycles. The summed E-state index contributed by atoms with van der Waals surface area (Å²) < 4.78 is 13.1. The van der Waals surface area contributed by atoms with Crippen LogP contribution in [0, 0.1) is 0 Å². The maximum Gasteiger partial charge on any atom is 0.103 e. The van der Waals surface area contributed by atoms with E-state index in [1.165, 1.54) is 11.1 Å². The zero-order valence-corrected chi connectivity index (χ0v) is 11.7. The number of hydrogen-bond donors (Lipinski definition) is 0. The zero-order chi connectivity index (χ0) is 13.2. The maximum absolute atomic E-state index is 13.1. The molecule has 0 aliphatic carbocycles. The number of nitrogens with zero attached hydrogens (tertiary/aromatic N) is 1. The first-order valence-electron chi connectivity index (χ1n) is 6.91. The van der Waals surface area contributed by atoms with E-state index in [1.54, 1.807) is 0 Å². The molecule has 0 amide bonds. The summed E-state index contributed by atoms with van der Waals surface area (Å²) in [6.07, 6.45) is 0.805. The Balaban J connectivity index is 2.01. The smallest absolute Gasteiger partial charge is 0.103 e. The quantitative estimate of drug-likeness (QED) is 0.768. The van der Waals surface area contributed by atoms with Crippen molar-refractivity contribution in [3.8, 4) is 0 Å². The van der Waals surface area contributed by atoms with Crippen LogP contribution >= 0.6 is 0 Å². The summed E-state index contributed by atoms with van der Waals surface area (Å²) in [6, 6.07) is 8.80. The van der Waals surface area contributed by atoms with Gasteiger partial charge >= 0.3 is 0 Å². The van der Waals surface area contributed by atoms with E-state index in [0.29, 0.717) is 12.8 Å². The highest BCUT2D eigenvalue weighted by molar-refractivity contribution is 5.28. The molecule has 1 nitrogen and oxygen atoms in total. The van der Waals surface area contributed by atoms with Crippen molar-refractivity contribution in [2.75, 3.05) is 13.1 Å². The van der Waals surface area contributed by atoms with Gasteiger partial charge in [-0.15, -0.1) is 0 Å². The minimum atomic E-state index is -0.581. The van der Waals surface area contributed by atoms with Crippen molar-refractivity contribution in [3.05, 3.63) is 35.4 Å². The van der Waals surface area contributed by atoms with Crippen LogP contribution in [0.5, 0.6) is 0 Å². The molecular weight excluding hydrogens is 225 g/mol. The molecule has 0 bridgehead atoms. The fourth-order valence-corrected chi connectivity index (χ4v) is 2.45. The highest BCUT2D eigenvalue weighted by atomic mass is 19.1. The molecule has 18 heavy (non-hydrogen) atoms. The molecule has 100 valence electrons. The van der Waals surface area contributed by atoms with Gasteiger partial charge < -0.3 is 0 Å². The predicted molar refractivity (Wildman–Crippen MR) is 74.5 cm³/mol. The molecule has 1 aromatic rings. The summed E-state index contributed by atoms with van der Waals surface area (Å²) in [6.45, 7) is 9.45. The Morgan fingerprint density at radius 1 is 1.22 bits per heavy atom. The molecule has 2 heteroatoms. The van der Waals surface area contributed by atoms with Gasteiger partial charge in [-0.2, -0.15) is 0 Å². The molecule has 0 unspecified atom stereocenters. The van der Waals surface area contributed by atoms with Gasteiger partial charge in [-0.3, -0.25) is 4.90 Å². The topological polar surface area (TPSA) is 3.24 Å². The van der Waals surface area contributed by atoms with Gasteiger partial charge in [0.2, 0.25) is 0 Å². The third-order valence-electron chi connectivity index (χ3n) is 3.72. The number of hydrogen-bond acceptors (Lipinski definition) is 1. The van der Waals surface area contributed by atoms with Crippen LogP contribution in [0.2, 0.25) is 0 Å². The molecule has 0 aromatic heterocycles. The van der Waals surface area contributed by atoms with Gasteiger partial charge in [-0.1, -0.05) is 45.0 Å². The van der Waals surface area contributed by atoms with Crippen LogP contribution in [-0.2, 0) is 12.0 Å². The Bertz CT molecular complexity index is 386. The fourth-order valence-electron chi connectivity index (χ4n) is 2.45. The Hall–Kier alpha value is -0.890. The molecule has 1 aliphatic rings. The van der Waals surface area contributed by atoms with Gasteiger partial charge in [0.25, 0.3) is 0 Å². The van der Waals surface area contributed by atoms with Crippen LogP contribution in [0.4, 0.5) is 4.39 Å². The average Bonchev–Trinajstić information content (AvgIpc) is 2.31. The van der Waals surface area contributed by atoms with Crippen molar-refractivity contribution in [2.45, 2.75) is 51.7 Å². The second-order valence-corrected chi connectivity index (χ2v) is 6.40. The van der Waals surface area contributed by atoms with Gasteiger partial charge in [-0.25, -0.2) is 4.39 Å². The van der Waals surface area contributed by atoms with Gasteiger partial charge in [0.05, 0.1) is 0 Å². The van der Waals surface area contributed by atoms with Crippen molar-refractivity contribution in [1.29, 1.82) is 0 Å². The lowest BCUT2D eigenvalue weighted by atomic mass is 9.86. The van der Waals surface area contributed by atoms with E-state index in [9.17, 15) is 4.39 Å². The number of halogens is 1. The maximum atomic E-state index is 13.1. The highest BCUT2D eigenvalue weighted by Crippen LogP contribution is 2.24. The first-order chi connectivity index (χ1) is 8.45. The summed E-state index contributed by atoms with van der Waals surface area (Å²) in [5, 5.41) is 0. The van der Waals surface area contributed by atoms with Crippen molar-refractivity contribution >= 4 is 0 Å². The standard InChI is InChI=1S/C16H24FN/c1-16(2,3)14-6-4-5-13(11-14)12-18-9-7-15(17)8-10-18/h4-6,11,15H,7-10,12H2,1-3H3. The number of benzene rings is 1. The molecule has 0 N–H and O–H groups in total. The lowest BCUT2D eigenvalue weighted by Crippen LogP contribution is -2.33. The summed E-state index contributed by atoms with van der Waals surface area (Å²) in [5.74, 6) is 0. The number of rotatable bonds is 2. The first kappa shape index (κ1) is 13.5. The fraction of sp³-hybridized carbons (Fsp3) is 0.625. The molecule has 0 radical (unpaired) electrons. The van der Waals surface area contributed by atoms with Crippen LogP contribution < -0.4 is 0 Å². The van der Waals surface area contributed by atoms with Crippen LogP contribution in [0.3, 0.4) is 0 Å². The first-order valence-corrected chi connectivity index (χ1v) is 6.91. The third kappa shape index (κ3) is 3.55. The Labute approximate surface area is 110 Å². The van der Waals surface area contributed by atoms with Crippen LogP contribution in [0.25, 0.3) is 0 Å².